The number of halogens is 1. The zero-order valence-electron chi connectivity index (χ0n) is 18.6. The Morgan fingerprint density at radius 2 is 1.85 bits per heavy atom. The largest absolute Gasteiger partial charge is 0.492 e. The van der Waals surface area contributed by atoms with Crippen LogP contribution in [0, 0.1) is 0 Å². The highest BCUT2D eigenvalue weighted by Gasteiger charge is 2.38. The molecule has 178 valence electrons. The van der Waals surface area contributed by atoms with E-state index in [4.69, 9.17) is 21.1 Å². The number of sulfonamides is 1. The Morgan fingerprint density at radius 1 is 1.12 bits per heavy atom. The third-order valence-corrected chi connectivity index (χ3v) is 7.39. The van der Waals surface area contributed by atoms with Crippen molar-refractivity contribution in [2.24, 2.45) is 0 Å². The number of para-hydroxylation sites is 2. The number of amides is 1. The molecule has 3 aromatic carbocycles. The van der Waals surface area contributed by atoms with Crippen LogP contribution in [0.4, 0.5) is 5.69 Å². The molecular weight excluding hydrogens is 476 g/mol. The van der Waals surface area contributed by atoms with Gasteiger partial charge in [0.15, 0.2) is 6.10 Å². The maximum absolute atomic E-state index is 13.8. The van der Waals surface area contributed by atoms with Gasteiger partial charge in [0.25, 0.3) is 15.9 Å². The molecule has 1 unspecified atom stereocenters. The van der Waals surface area contributed by atoms with Crippen LogP contribution in [0.5, 0.6) is 11.5 Å². The molecule has 1 N–H and O–H groups in total. The molecule has 0 aromatic heterocycles. The number of hydrogen-bond acceptors (Lipinski definition) is 5. The molecule has 0 aliphatic carbocycles. The van der Waals surface area contributed by atoms with Crippen molar-refractivity contribution < 1.29 is 22.7 Å². The van der Waals surface area contributed by atoms with Crippen LogP contribution in [-0.4, -0.2) is 40.1 Å². The molecule has 0 saturated heterocycles. The summed E-state index contributed by atoms with van der Waals surface area (Å²) in [4.78, 5) is 12.9. The number of carbonyl (C=O) groups is 1. The van der Waals surface area contributed by atoms with Crippen molar-refractivity contribution >= 4 is 33.2 Å². The highest BCUT2D eigenvalue weighted by atomic mass is 35.5. The molecule has 1 heterocycles. The number of nitrogens with one attached hydrogen (secondary N) is 1. The molecule has 7 nitrogen and oxygen atoms in total. The molecule has 1 aliphatic rings. The van der Waals surface area contributed by atoms with Crippen LogP contribution < -0.4 is 19.1 Å². The summed E-state index contributed by atoms with van der Waals surface area (Å²) in [6, 6.07) is 20.9. The first-order valence-electron chi connectivity index (χ1n) is 10.9. The second-order valence-electron chi connectivity index (χ2n) is 7.66. The number of nitrogens with zero attached hydrogens (tertiary/aromatic N) is 1. The third kappa shape index (κ3) is 5.13. The number of ether oxygens (including phenoxy) is 2. The molecule has 1 atom stereocenters. The van der Waals surface area contributed by atoms with E-state index in [0.717, 1.165) is 5.56 Å². The van der Waals surface area contributed by atoms with Gasteiger partial charge in [0.1, 0.15) is 16.4 Å². The lowest BCUT2D eigenvalue weighted by Crippen LogP contribution is -2.51. The van der Waals surface area contributed by atoms with Gasteiger partial charge in [-0.3, -0.25) is 9.10 Å². The quantitative estimate of drug-likeness (QED) is 0.504. The van der Waals surface area contributed by atoms with Crippen molar-refractivity contribution in [3.63, 3.8) is 0 Å². The summed E-state index contributed by atoms with van der Waals surface area (Å²) in [6.07, 6.45) is -0.367. The molecule has 0 fully saturated rings. The lowest BCUT2D eigenvalue weighted by atomic mass is 10.1. The molecule has 9 heteroatoms. The Balaban J connectivity index is 1.60. The maximum atomic E-state index is 13.8. The van der Waals surface area contributed by atoms with Crippen molar-refractivity contribution in [1.29, 1.82) is 0 Å². The van der Waals surface area contributed by atoms with Gasteiger partial charge < -0.3 is 14.8 Å². The van der Waals surface area contributed by atoms with Gasteiger partial charge in [-0.15, -0.1) is 0 Å². The van der Waals surface area contributed by atoms with Crippen LogP contribution in [0.1, 0.15) is 12.5 Å². The average molecular weight is 501 g/mol. The normalized spacial score (nSPS) is 15.2. The van der Waals surface area contributed by atoms with E-state index < -0.39 is 16.1 Å². The summed E-state index contributed by atoms with van der Waals surface area (Å²) < 4.78 is 40.1. The highest BCUT2D eigenvalue weighted by molar-refractivity contribution is 7.93. The Kier molecular flexibility index (Phi) is 7.29. The zero-order chi connectivity index (χ0) is 24.1. The lowest BCUT2D eigenvalue weighted by molar-refractivity contribution is -0.127. The minimum atomic E-state index is -4.12. The van der Waals surface area contributed by atoms with Gasteiger partial charge in [-0.2, -0.15) is 0 Å². The monoisotopic (exact) mass is 500 g/mol. The van der Waals surface area contributed by atoms with Crippen LogP contribution in [0.2, 0.25) is 5.02 Å². The van der Waals surface area contributed by atoms with Gasteiger partial charge in [-0.25, -0.2) is 8.42 Å². The molecule has 4 rings (SSSR count). The minimum absolute atomic E-state index is 0.0678. The predicted molar refractivity (Wildman–Crippen MR) is 131 cm³/mol. The molecule has 1 aliphatic heterocycles. The van der Waals surface area contributed by atoms with E-state index >= 15 is 0 Å². The van der Waals surface area contributed by atoms with Gasteiger partial charge in [0.2, 0.25) is 0 Å². The van der Waals surface area contributed by atoms with Crippen LogP contribution in [0.15, 0.2) is 77.7 Å². The number of benzene rings is 3. The molecule has 0 spiro atoms. The second kappa shape index (κ2) is 10.4. The van der Waals surface area contributed by atoms with E-state index in [1.54, 1.807) is 37.3 Å². The molecule has 0 bridgehead atoms. The Hall–Kier alpha value is -3.23. The number of fused-ring (bicyclic) bond motifs is 1. The molecule has 1 amide bonds. The molecular formula is C25H25ClN2O5S. The summed E-state index contributed by atoms with van der Waals surface area (Å²) >= 11 is 6.12. The third-order valence-electron chi connectivity index (χ3n) is 5.36. The average Bonchev–Trinajstić information content (AvgIpc) is 2.85. The van der Waals surface area contributed by atoms with E-state index in [-0.39, 0.29) is 34.7 Å². The standard InChI is InChI=1S/C25H25ClN2O5S/c1-2-32-22-13-12-19(26)16-24(22)34(30,31)28-17-23(33-21-11-7-6-10-20(21)28)25(29)27-15-14-18-8-4-3-5-9-18/h3-13,16,23H,2,14-15,17H2,1H3,(H,27,29). The molecule has 0 radical (unpaired) electrons. The SMILES string of the molecule is CCOc1ccc(Cl)cc1S(=O)(=O)N1CC(C(=O)NCCc2ccccc2)Oc2ccccc21. The van der Waals surface area contributed by atoms with E-state index in [9.17, 15) is 13.2 Å². The van der Waals surface area contributed by atoms with E-state index in [1.165, 1.54) is 16.4 Å². The molecule has 3 aromatic rings. The zero-order valence-corrected chi connectivity index (χ0v) is 20.2. The predicted octanol–water partition coefficient (Wildman–Crippen LogP) is 4.05. The number of carbonyl (C=O) groups excluding carboxylic acids is 1. The first-order valence-corrected chi connectivity index (χ1v) is 12.7. The van der Waals surface area contributed by atoms with Gasteiger partial charge >= 0.3 is 0 Å². The number of hydrogen-bond donors (Lipinski definition) is 1. The van der Waals surface area contributed by atoms with Crippen molar-refractivity contribution in [2.75, 3.05) is 24.0 Å². The van der Waals surface area contributed by atoms with E-state index in [1.807, 2.05) is 30.3 Å². The Bertz CT molecular complexity index is 1270. The van der Waals surface area contributed by atoms with Crippen LogP contribution in [0.3, 0.4) is 0 Å². The van der Waals surface area contributed by atoms with Crippen molar-refractivity contribution in [2.45, 2.75) is 24.3 Å². The molecule has 0 saturated carbocycles. The van der Waals surface area contributed by atoms with Crippen molar-refractivity contribution in [3.8, 4) is 11.5 Å². The minimum Gasteiger partial charge on any atom is -0.492 e. The Labute approximate surface area is 204 Å². The first-order chi connectivity index (χ1) is 16.4. The van der Waals surface area contributed by atoms with Crippen molar-refractivity contribution in [1.82, 2.24) is 5.32 Å². The maximum Gasteiger partial charge on any atom is 0.268 e. The van der Waals surface area contributed by atoms with E-state index in [0.29, 0.717) is 24.4 Å². The fourth-order valence-corrected chi connectivity index (χ4v) is 5.60. The van der Waals surface area contributed by atoms with Gasteiger partial charge in [-0.1, -0.05) is 54.1 Å². The second-order valence-corrected chi connectivity index (χ2v) is 9.93. The van der Waals surface area contributed by atoms with Crippen LogP contribution in [-0.2, 0) is 21.2 Å². The van der Waals surface area contributed by atoms with Gasteiger partial charge in [0, 0.05) is 11.6 Å². The van der Waals surface area contributed by atoms with Gasteiger partial charge in [-0.05, 0) is 49.2 Å². The highest BCUT2D eigenvalue weighted by Crippen LogP contribution is 2.39. The topological polar surface area (TPSA) is 84.9 Å². The number of anilines is 1. The van der Waals surface area contributed by atoms with Crippen molar-refractivity contribution in [3.05, 3.63) is 83.4 Å². The number of rotatable bonds is 8. The summed E-state index contributed by atoms with van der Waals surface area (Å²) in [5.74, 6) is 0.113. The summed E-state index contributed by atoms with van der Waals surface area (Å²) in [5, 5.41) is 3.12. The van der Waals surface area contributed by atoms with Gasteiger partial charge in [0.05, 0.1) is 18.8 Å². The fraction of sp³-hybridized carbons (Fsp3) is 0.240. The summed E-state index contributed by atoms with van der Waals surface area (Å²) in [6.45, 7) is 2.27. The van der Waals surface area contributed by atoms with Crippen LogP contribution in [0.25, 0.3) is 0 Å². The fourth-order valence-electron chi connectivity index (χ4n) is 3.73. The molecule has 34 heavy (non-hydrogen) atoms. The summed E-state index contributed by atoms with van der Waals surface area (Å²) in [7, 11) is -4.12. The lowest BCUT2D eigenvalue weighted by Gasteiger charge is -2.35. The Morgan fingerprint density at radius 3 is 2.62 bits per heavy atom. The smallest absolute Gasteiger partial charge is 0.268 e. The summed E-state index contributed by atoms with van der Waals surface area (Å²) in [5.41, 5.74) is 1.43. The first kappa shape index (κ1) is 23.9. The van der Waals surface area contributed by atoms with Crippen LogP contribution >= 0.6 is 11.6 Å². The van der Waals surface area contributed by atoms with E-state index in [2.05, 4.69) is 5.32 Å².